The van der Waals surface area contributed by atoms with Gasteiger partial charge in [0, 0.05) is 16.2 Å². The predicted molar refractivity (Wildman–Crippen MR) is 81.4 cm³/mol. The minimum atomic E-state index is -0.0540. The van der Waals surface area contributed by atoms with E-state index in [1.54, 1.807) is 0 Å². The minimum absolute atomic E-state index is 0.0540. The van der Waals surface area contributed by atoms with Crippen LogP contribution in [-0.4, -0.2) is 20.5 Å². The highest BCUT2D eigenvalue weighted by Gasteiger charge is 2.31. The first-order valence-corrected chi connectivity index (χ1v) is 7.77. The Morgan fingerprint density at radius 3 is 2.84 bits per heavy atom. The monoisotopic (exact) mass is 291 g/mol. The summed E-state index contributed by atoms with van der Waals surface area (Å²) in [4.78, 5) is 1.36. The molecule has 0 spiro atoms. The van der Waals surface area contributed by atoms with Crippen LogP contribution in [0.3, 0.4) is 0 Å². The molecule has 3 nitrogen and oxygen atoms in total. The van der Waals surface area contributed by atoms with Gasteiger partial charge in [0.15, 0.2) is 4.77 Å². The maximum absolute atomic E-state index is 5.39. The standard InChI is InChI=1S/C14H17N3S2/c1-14(2,3)17-12(15-16-13(17)18)10-8-19-11-7-5-4-6-9(10)11/h4-7,10H,8H2,1-3H3,(H,16,18). The fourth-order valence-corrected chi connectivity index (χ4v) is 4.21. The van der Waals surface area contributed by atoms with Gasteiger partial charge in [0.2, 0.25) is 0 Å². The highest BCUT2D eigenvalue weighted by molar-refractivity contribution is 7.99. The molecule has 0 saturated heterocycles. The van der Waals surface area contributed by atoms with Crippen molar-refractivity contribution < 1.29 is 0 Å². The Hall–Kier alpha value is -1.07. The molecule has 0 saturated carbocycles. The summed E-state index contributed by atoms with van der Waals surface area (Å²) in [6, 6.07) is 8.57. The van der Waals surface area contributed by atoms with Crippen LogP contribution in [0.25, 0.3) is 0 Å². The van der Waals surface area contributed by atoms with Crippen LogP contribution in [0.2, 0.25) is 0 Å². The van der Waals surface area contributed by atoms with Crippen LogP contribution in [0.1, 0.15) is 38.1 Å². The van der Waals surface area contributed by atoms with Crippen LogP contribution < -0.4 is 0 Å². The second kappa shape index (κ2) is 4.49. The van der Waals surface area contributed by atoms with Gasteiger partial charge in [-0.2, -0.15) is 5.10 Å². The summed E-state index contributed by atoms with van der Waals surface area (Å²) in [5, 5.41) is 7.45. The van der Waals surface area contributed by atoms with Gasteiger partial charge in [0.1, 0.15) is 5.82 Å². The van der Waals surface area contributed by atoms with E-state index in [2.05, 4.69) is 59.8 Å². The summed E-state index contributed by atoms with van der Waals surface area (Å²) in [5.74, 6) is 2.41. The maximum Gasteiger partial charge on any atom is 0.195 e. The van der Waals surface area contributed by atoms with Crippen LogP contribution in [0.4, 0.5) is 0 Å². The lowest BCUT2D eigenvalue weighted by Gasteiger charge is -2.24. The topological polar surface area (TPSA) is 33.6 Å². The maximum atomic E-state index is 5.39. The third-order valence-corrected chi connectivity index (χ3v) is 4.84. The van der Waals surface area contributed by atoms with Crippen molar-refractivity contribution in [2.75, 3.05) is 5.75 Å². The Kier molecular flexibility index (Phi) is 3.06. The van der Waals surface area contributed by atoms with E-state index in [0.717, 1.165) is 11.6 Å². The van der Waals surface area contributed by atoms with Crippen molar-refractivity contribution >= 4 is 24.0 Å². The number of hydrogen-bond acceptors (Lipinski definition) is 3. The van der Waals surface area contributed by atoms with E-state index in [1.165, 1.54) is 10.5 Å². The molecule has 1 atom stereocenters. The summed E-state index contributed by atoms with van der Waals surface area (Å²) in [6.45, 7) is 6.49. The van der Waals surface area contributed by atoms with E-state index in [1.807, 2.05) is 11.8 Å². The van der Waals surface area contributed by atoms with E-state index >= 15 is 0 Å². The van der Waals surface area contributed by atoms with Gasteiger partial charge in [-0.05, 0) is 44.6 Å². The van der Waals surface area contributed by atoms with Crippen LogP contribution in [0.15, 0.2) is 29.2 Å². The van der Waals surface area contributed by atoms with Crippen LogP contribution >= 0.6 is 24.0 Å². The van der Waals surface area contributed by atoms with Crippen molar-refractivity contribution in [1.82, 2.24) is 14.8 Å². The zero-order valence-electron chi connectivity index (χ0n) is 11.3. The molecule has 2 aromatic rings. The number of fused-ring (bicyclic) bond motifs is 1. The molecule has 5 heteroatoms. The number of aromatic nitrogens is 3. The van der Waals surface area contributed by atoms with E-state index < -0.39 is 0 Å². The van der Waals surface area contributed by atoms with E-state index in [-0.39, 0.29) is 5.54 Å². The molecule has 1 aromatic heterocycles. The first-order chi connectivity index (χ1) is 8.98. The number of benzene rings is 1. The van der Waals surface area contributed by atoms with Gasteiger partial charge in [0.25, 0.3) is 0 Å². The van der Waals surface area contributed by atoms with Crippen LogP contribution in [0, 0.1) is 4.77 Å². The van der Waals surface area contributed by atoms with Crippen molar-refractivity contribution in [2.45, 2.75) is 37.1 Å². The summed E-state index contributed by atoms with van der Waals surface area (Å²) >= 11 is 7.29. The Labute approximate surface area is 122 Å². The third kappa shape index (κ3) is 2.15. The second-order valence-corrected chi connectivity index (χ2v) is 7.24. The number of nitrogens with one attached hydrogen (secondary N) is 1. The lowest BCUT2D eigenvalue weighted by atomic mass is 9.99. The van der Waals surface area contributed by atoms with Crippen LogP contribution in [0.5, 0.6) is 0 Å². The molecule has 1 aromatic carbocycles. The molecule has 0 bridgehead atoms. The molecule has 0 amide bonds. The SMILES string of the molecule is CC(C)(C)n1c(C2CSc3ccccc32)n[nH]c1=S. The zero-order valence-corrected chi connectivity index (χ0v) is 12.9. The predicted octanol–water partition coefficient (Wildman–Crippen LogP) is 3.93. The molecule has 0 radical (unpaired) electrons. The highest BCUT2D eigenvalue weighted by Crippen LogP contribution is 2.42. The number of hydrogen-bond donors (Lipinski definition) is 1. The molecule has 0 fully saturated rings. The van der Waals surface area contributed by atoms with Gasteiger partial charge >= 0.3 is 0 Å². The van der Waals surface area contributed by atoms with Crippen LogP contribution in [-0.2, 0) is 5.54 Å². The summed E-state index contributed by atoms with van der Waals surface area (Å²) in [5.41, 5.74) is 1.31. The largest absolute Gasteiger partial charge is 0.298 e. The smallest absolute Gasteiger partial charge is 0.195 e. The fourth-order valence-electron chi connectivity index (χ4n) is 2.57. The van der Waals surface area contributed by atoms with Gasteiger partial charge in [-0.1, -0.05) is 18.2 Å². The average molecular weight is 291 g/mol. The van der Waals surface area contributed by atoms with Gasteiger partial charge in [-0.15, -0.1) is 11.8 Å². The number of H-pyrrole nitrogens is 1. The van der Waals surface area contributed by atoms with E-state index in [0.29, 0.717) is 10.7 Å². The third-order valence-electron chi connectivity index (χ3n) is 3.38. The molecular weight excluding hydrogens is 274 g/mol. The van der Waals surface area contributed by atoms with Gasteiger partial charge in [-0.25, -0.2) is 0 Å². The van der Waals surface area contributed by atoms with Gasteiger partial charge in [-0.3, -0.25) is 9.67 Å². The van der Waals surface area contributed by atoms with Crippen molar-refractivity contribution in [3.8, 4) is 0 Å². The summed E-state index contributed by atoms with van der Waals surface area (Å²) in [7, 11) is 0. The Morgan fingerprint density at radius 2 is 2.11 bits per heavy atom. The fraction of sp³-hybridized carbons (Fsp3) is 0.429. The Morgan fingerprint density at radius 1 is 1.37 bits per heavy atom. The number of aromatic amines is 1. The van der Waals surface area contributed by atoms with E-state index in [9.17, 15) is 0 Å². The lowest BCUT2D eigenvalue weighted by Crippen LogP contribution is -2.26. The van der Waals surface area contributed by atoms with Crippen molar-refractivity contribution in [1.29, 1.82) is 0 Å². The zero-order chi connectivity index (χ0) is 13.6. The number of rotatable bonds is 1. The molecule has 1 N–H and O–H groups in total. The molecule has 2 heterocycles. The van der Waals surface area contributed by atoms with Crippen molar-refractivity contribution in [2.24, 2.45) is 0 Å². The van der Waals surface area contributed by atoms with Crippen molar-refractivity contribution in [3.05, 3.63) is 40.4 Å². The number of nitrogens with zero attached hydrogens (tertiary/aromatic N) is 2. The molecule has 0 aliphatic carbocycles. The first-order valence-electron chi connectivity index (χ1n) is 6.38. The molecule has 1 unspecified atom stereocenters. The Balaban J connectivity index is 2.13. The molecule has 1 aliphatic rings. The molecule has 19 heavy (non-hydrogen) atoms. The molecule has 3 rings (SSSR count). The minimum Gasteiger partial charge on any atom is -0.298 e. The molecule has 1 aliphatic heterocycles. The lowest BCUT2D eigenvalue weighted by molar-refractivity contribution is 0.375. The van der Waals surface area contributed by atoms with Gasteiger partial charge in [0.05, 0.1) is 5.92 Å². The summed E-state index contributed by atoms with van der Waals surface area (Å²) < 4.78 is 2.85. The number of thioether (sulfide) groups is 1. The second-order valence-electron chi connectivity index (χ2n) is 5.79. The quantitative estimate of drug-likeness (QED) is 0.808. The highest BCUT2D eigenvalue weighted by atomic mass is 32.2. The summed E-state index contributed by atoms with van der Waals surface area (Å²) in [6.07, 6.45) is 0. The van der Waals surface area contributed by atoms with E-state index in [4.69, 9.17) is 12.2 Å². The Bertz CT molecular complexity index is 664. The average Bonchev–Trinajstić information content (AvgIpc) is 2.91. The first kappa shape index (κ1) is 12.9. The van der Waals surface area contributed by atoms with Crippen molar-refractivity contribution in [3.63, 3.8) is 0 Å². The normalized spacial score (nSPS) is 18.6. The molecule has 100 valence electrons. The molecular formula is C14H17N3S2. The van der Waals surface area contributed by atoms with Gasteiger partial charge < -0.3 is 0 Å².